The van der Waals surface area contributed by atoms with Gasteiger partial charge in [-0.25, -0.2) is 0 Å². The molecule has 0 radical (unpaired) electrons. The van der Waals surface area contributed by atoms with Gasteiger partial charge >= 0.3 is 0 Å². The second kappa shape index (κ2) is 4.63. The summed E-state index contributed by atoms with van der Waals surface area (Å²) in [5, 5.41) is 8.78. The van der Waals surface area contributed by atoms with E-state index in [1.54, 1.807) is 0 Å². The minimum atomic E-state index is 0.367. The van der Waals surface area contributed by atoms with Crippen molar-refractivity contribution >= 4 is 0 Å². The molecule has 1 N–H and O–H groups in total. The zero-order chi connectivity index (χ0) is 9.97. The van der Waals surface area contributed by atoms with E-state index in [2.05, 4.69) is 6.92 Å². The van der Waals surface area contributed by atoms with Crippen LogP contribution in [0.25, 0.3) is 0 Å². The maximum atomic E-state index is 8.78. The van der Waals surface area contributed by atoms with Crippen molar-refractivity contribution in [1.82, 2.24) is 0 Å². The molecular weight excluding hydrogens is 176 g/mol. The van der Waals surface area contributed by atoms with E-state index in [0.29, 0.717) is 18.8 Å². The Kier molecular flexibility index (Phi) is 3.45. The van der Waals surface area contributed by atoms with Crippen molar-refractivity contribution in [2.75, 3.05) is 6.61 Å². The number of epoxide rings is 1. The Balaban J connectivity index is 1.52. The predicted octanol–water partition coefficient (Wildman–Crippen LogP) is 2.35. The van der Waals surface area contributed by atoms with Crippen LogP contribution in [-0.2, 0) is 4.74 Å². The molecule has 0 spiro atoms. The Morgan fingerprint density at radius 3 is 2.79 bits per heavy atom. The molecule has 1 aliphatic carbocycles. The third-order valence-electron chi connectivity index (χ3n) is 3.63. The van der Waals surface area contributed by atoms with Crippen LogP contribution in [0.15, 0.2) is 0 Å². The number of aliphatic hydroxyl groups is 1. The van der Waals surface area contributed by atoms with Crippen molar-refractivity contribution in [3.05, 3.63) is 0 Å². The van der Waals surface area contributed by atoms with Gasteiger partial charge in [-0.05, 0) is 37.5 Å². The number of hydrogen-bond acceptors (Lipinski definition) is 2. The van der Waals surface area contributed by atoms with Gasteiger partial charge in [-0.2, -0.15) is 0 Å². The molecule has 2 nitrogen and oxygen atoms in total. The molecule has 2 fully saturated rings. The van der Waals surface area contributed by atoms with Crippen molar-refractivity contribution < 1.29 is 9.84 Å². The van der Waals surface area contributed by atoms with E-state index in [1.165, 1.54) is 32.1 Å². The molecule has 0 amide bonds. The van der Waals surface area contributed by atoms with Crippen LogP contribution in [0.2, 0.25) is 0 Å². The van der Waals surface area contributed by atoms with Crippen LogP contribution >= 0.6 is 0 Å². The fourth-order valence-electron chi connectivity index (χ4n) is 2.46. The first-order chi connectivity index (χ1) is 6.85. The Morgan fingerprint density at radius 1 is 1.21 bits per heavy atom. The minimum Gasteiger partial charge on any atom is -0.396 e. The Hall–Kier alpha value is -0.0800. The average Bonchev–Trinajstić information content (AvgIpc) is 3.05. The van der Waals surface area contributed by atoms with Gasteiger partial charge in [-0.15, -0.1) is 0 Å². The number of hydrogen-bond donors (Lipinski definition) is 1. The van der Waals surface area contributed by atoms with Crippen molar-refractivity contribution in [2.45, 2.75) is 57.7 Å². The van der Waals surface area contributed by atoms with E-state index in [4.69, 9.17) is 9.84 Å². The van der Waals surface area contributed by atoms with E-state index in [-0.39, 0.29) is 0 Å². The molecule has 0 aromatic carbocycles. The summed E-state index contributed by atoms with van der Waals surface area (Å²) < 4.78 is 5.63. The maximum absolute atomic E-state index is 8.78. The van der Waals surface area contributed by atoms with Crippen LogP contribution in [0.1, 0.15) is 45.4 Å². The van der Waals surface area contributed by atoms with Crippen LogP contribution in [0.3, 0.4) is 0 Å². The highest BCUT2D eigenvalue weighted by Crippen LogP contribution is 2.48. The van der Waals surface area contributed by atoms with E-state index >= 15 is 0 Å². The molecule has 14 heavy (non-hydrogen) atoms. The van der Waals surface area contributed by atoms with Gasteiger partial charge < -0.3 is 9.84 Å². The number of ether oxygens (including phenoxy) is 1. The van der Waals surface area contributed by atoms with Gasteiger partial charge in [0.15, 0.2) is 0 Å². The van der Waals surface area contributed by atoms with Gasteiger partial charge in [-0.1, -0.05) is 19.8 Å². The minimum absolute atomic E-state index is 0.367. The van der Waals surface area contributed by atoms with Crippen molar-refractivity contribution in [1.29, 1.82) is 0 Å². The molecule has 1 saturated heterocycles. The van der Waals surface area contributed by atoms with Crippen LogP contribution in [-0.4, -0.2) is 23.9 Å². The highest BCUT2D eigenvalue weighted by atomic mass is 16.6. The van der Waals surface area contributed by atoms with E-state index < -0.39 is 0 Å². The summed E-state index contributed by atoms with van der Waals surface area (Å²) in [7, 11) is 0. The standard InChI is InChI=1S/C12H22O2/c1-2-3-4-11-12(14-11)8-10-7-9(10)5-6-13/h9-13H,2-8H2,1H3. The summed E-state index contributed by atoms with van der Waals surface area (Å²) >= 11 is 0. The lowest BCUT2D eigenvalue weighted by Gasteiger charge is -1.95. The van der Waals surface area contributed by atoms with Crippen molar-refractivity contribution in [2.24, 2.45) is 11.8 Å². The molecular formula is C12H22O2. The molecule has 1 heterocycles. The first kappa shape index (κ1) is 10.4. The highest BCUT2D eigenvalue weighted by Gasteiger charge is 2.45. The molecule has 1 aliphatic heterocycles. The molecule has 2 aliphatic rings. The second-order valence-electron chi connectivity index (χ2n) is 4.86. The topological polar surface area (TPSA) is 32.8 Å². The highest BCUT2D eigenvalue weighted by molar-refractivity contribution is 4.94. The SMILES string of the molecule is CCCCC1OC1CC1CC1CCO. The maximum Gasteiger partial charge on any atom is 0.0844 e. The molecule has 2 heteroatoms. The summed E-state index contributed by atoms with van der Waals surface area (Å²) in [4.78, 5) is 0. The normalized spacial score (nSPS) is 39.9. The molecule has 4 unspecified atom stereocenters. The van der Waals surface area contributed by atoms with E-state index in [0.717, 1.165) is 18.3 Å². The predicted molar refractivity (Wildman–Crippen MR) is 56.1 cm³/mol. The van der Waals surface area contributed by atoms with Gasteiger partial charge in [0.2, 0.25) is 0 Å². The molecule has 0 aromatic rings. The number of rotatable bonds is 7. The quantitative estimate of drug-likeness (QED) is 0.637. The zero-order valence-corrected chi connectivity index (χ0v) is 9.11. The van der Waals surface area contributed by atoms with Crippen molar-refractivity contribution in [3.63, 3.8) is 0 Å². The first-order valence-electron chi connectivity index (χ1n) is 6.11. The molecule has 2 rings (SSSR count). The van der Waals surface area contributed by atoms with Crippen LogP contribution in [0.4, 0.5) is 0 Å². The van der Waals surface area contributed by atoms with E-state index in [9.17, 15) is 0 Å². The molecule has 4 atom stereocenters. The monoisotopic (exact) mass is 198 g/mol. The molecule has 82 valence electrons. The van der Waals surface area contributed by atoms with Gasteiger partial charge in [0.05, 0.1) is 12.2 Å². The van der Waals surface area contributed by atoms with Crippen LogP contribution in [0.5, 0.6) is 0 Å². The summed E-state index contributed by atoms with van der Waals surface area (Å²) in [6, 6.07) is 0. The summed E-state index contributed by atoms with van der Waals surface area (Å²) in [6.45, 7) is 2.60. The fraction of sp³-hybridized carbons (Fsp3) is 1.00. The largest absolute Gasteiger partial charge is 0.396 e. The third-order valence-corrected chi connectivity index (χ3v) is 3.63. The lowest BCUT2D eigenvalue weighted by Crippen LogP contribution is -1.97. The smallest absolute Gasteiger partial charge is 0.0844 e. The number of unbranched alkanes of at least 4 members (excludes halogenated alkanes) is 1. The Bertz CT molecular complexity index is 181. The van der Waals surface area contributed by atoms with Gasteiger partial charge in [0.25, 0.3) is 0 Å². The molecule has 1 saturated carbocycles. The van der Waals surface area contributed by atoms with E-state index in [1.807, 2.05) is 0 Å². The van der Waals surface area contributed by atoms with Crippen molar-refractivity contribution in [3.8, 4) is 0 Å². The lowest BCUT2D eigenvalue weighted by molar-refractivity contribution is 0.274. The summed E-state index contributed by atoms with van der Waals surface area (Å²) in [6.07, 6.45) is 8.63. The van der Waals surface area contributed by atoms with Gasteiger partial charge in [0, 0.05) is 6.61 Å². The van der Waals surface area contributed by atoms with Gasteiger partial charge in [0.1, 0.15) is 0 Å². The summed E-state index contributed by atoms with van der Waals surface area (Å²) in [5.74, 6) is 1.69. The van der Waals surface area contributed by atoms with Crippen LogP contribution in [0, 0.1) is 11.8 Å². The first-order valence-corrected chi connectivity index (χ1v) is 6.11. The average molecular weight is 198 g/mol. The summed E-state index contributed by atoms with van der Waals surface area (Å²) in [5.41, 5.74) is 0. The Morgan fingerprint density at radius 2 is 2.07 bits per heavy atom. The second-order valence-corrected chi connectivity index (χ2v) is 4.86. The number of aliphatic hydroxyl groups excluding tert-OH is 1. The lowest BCUT2D eigenvalue weighted by atomic mass is 10.1. The van der Waals surface area contributed by atoms with Gasteiger partial charge in [-0.3, -0.25) is 0 Å². The van der Waals surface area contributed by atoms with Crippen LogP contribution < -0.4 is 0 Å². The fourth-order valence-corrected chi connectivity index (χ4v) is 2.46. The molecule has 0 bridgehead atoms. The molecule has 0 aromatic heterocycles. The third kappa shape index (κ3) is 2.71. The zero-order valence-electron chi connectivity index (χ0n) is 9.11. The Labute approximate surface area is 86.6 Å².